The highest BCUT2D eigenvalue weighted by atomic mass is 16.2. The van der Waals surface area contributed by atoms with Crippen LogP contribution >= 0.6 is 0 Å². The van der Waals surface area contributed by atoms with E-state index in [-0.39, 0.29) is 11.7 Å². The van der Waals surface area contributed by atoms with Gasteiger partial charge in [0, 0.05) is 6.42 Å². The Kier molecular flexibility index (Phi) is 4.88. The Bertz CT molecular complexity index is 412. The van der Waals surface area contributed by atoms with Crippen molar-refractivity contribution in [3.05, 3.63) is 35.4 Å². The van der Waals surface area contributed by atoms with E-state index in [4.69, 9.17) is 0 Å². The average molecular weight is 233 g/mol. The van der Waals surface area contributed by atoms with E-state index in [0.717, 1.165) is 11.1 Å². The molecule has 0 radical (unpaired) electrons. The number of ketones is 1. The maximum Gasteiger partial charge on any atom is 0.224 e. The summed E-state index contributed by atoms with van der Waals surface area (Å²) in [6, 6.07) is 7.42. The Labute approximate surface area is 102 Å². The first-order valence-electron chi connectivity index (χ1n) is 5.90. The minimum absolute atomic E-state index is 0.0580. The highest BCUT2D eigenvalue weighted by Crippen LogP contribution is 2.04. The molecular formula is C14H19NO2. The van der Waals surface area contributed by atoms with E-state index < -0.39 is 6.04 Å². The maximum atomic E-state index is 11.7. The van der Waals surface area contributed by atoms with E-state index in [0.29, 0.717) is 12.8 Å². The predicted octanol–water partition coefficient (Wildman–Crippen LogP) is 2.02. The molecular weight excluding hydrogens is 214 g/mol. The zero-order valence-corrected chi connectivity index (χ0v) is 10.6. The van der Waals surface area contributed by atoms with Crippen molar-refractivity contribution in [2.45, 2.75) is 39.7 Å². The summed E-state index contributed by atoms with van der Waals surface area (Å²) in [6.07, 6.45) is 0.773. The van der Waals surface area contributed by atoms with Gasteiger partial charge in [-0.3, -0.25) is 9.59 Å². The van der Waals surface area contributed by atoms with E-state index in [9.17, 15) is 9.59 Å². The molecule has 17 heavy (non-hydrogen) atoms. The van der Waals surface area contributed by atoms with E-state index >= 15 is 0 Å². The summed E-state index contributed by atoms with van der Waals surface area (Å²) in [4.78, 5) is 23.0. The summed E-state index contributed by atoms with van der Waals surface area (Å²) in [5.41, 5.74) is 2.10. The molecule has 0 aromatic heterocycles. The molecule has 1 rings (SSSR count). The number of hydrogen-bond donors (Lipinski definition) is 1. The smallest absolute Gasteiger partial charge is 0.224 e. The highest BCUT2D eigenvalue weighted by Gasteiger charge is 2.13. The maximum absolute atomic E-state index is 11.7. The molecule has 1 aromatic rings. The van der Waals surface area contributed by atoms with Crippen molar-refractivity contribution in [3.8, 4) is 0 Å². The van der Waals surface area contributed by atoms with Crippen molar-refractivity contribution < 1.29 is 9.59 Å². The number of Topliss-reactive ketones (excluding diaryl/α,β-unsaturated/α-hetero) is 1. The third-order valence-corrected chi connectivity index (χ3v) is 2.66. The van der Waals surface area contributed by atoms with Gasteiger partial charge < -0.3 is 5.32 Å². The van der Waals surface area contributed by atoms with Gasteiger partial charge in [0.25, 0.3) is 0 Å². The van der Waals surface area contributed by atoms with Crippen LogP contribution in [-0.4, -0.2) is 17.7 Å². The van der Waals surface area contributed by atoms with Gasteiger partial charge in [0.05, 0.1) is 12.5 Å². The minimum Gasteiger partial charge on any atom is -0.346 e. The minimum atomic E-state index is -0.391. The number of aryl methyl sites for hydroxylation is 1. The van der Waals surface area contributed by atoms with Gasteiger partial charge in [-0.05, 0) is 19.4 Å². The molecule has 0 saturated carbocycles. The lowest BCUT2D eigenvalue weighted by atomic mass is 10.1. The molecule has 0 spiro atoms. The van der Waals surface area contributed by atoms with Gasteiger partial charge in [-0.25, -0.2) is 0 Å². The summed E-state index contributed by atoms with van der Waals surface area (Å²) >= 11 is 0. The number of benzene rings is 1. The summed E-state index contributed by atoms with van der Waals surface area (Å²) in [5.74, 6) is -0.0486. The molecule has 92 valence electrons. The Morgan fingerprint density at radius 2 is 2.06 bits per heavy atom. The molecule has 1 amide bonds. The first kappa shape index (κ1) is 13.4. The second kappa shape index (κ2) is 6.18. The molecule has 3 nitrogen and oxygen atoms in total. The fraction of sp³-hybridized carbons (Fsp3) is 0.429. The fourth-order valence-electron chi connectivity index (χ4n) is 1.69. The van der Waals surface area contributed by atoms with Gasteiger partial charge in [0.15, 0.2) is 5.78 Å². The van der Waals surface area contributed by atoms with Gasteiger partial charge in [-0.1, -0.05) is 36.8 Å². The Balaban J connectivity index is 2.53. The fourth-order valence-corrected chi connectivity index (χ4v) is 1.69. The molecule has 1 atom stereocenters. The molecule has 0 bridgehead atoms. The van der Waals surface area contributed by atoms with Crippen LogP contribution in [0.2, 0.25) is 0 Å². The highest BCUT2D eigenvalue weighted by molar-refractivity contribution is 5.89. The van der Waals surface area contributed by atoms with Crippen LogP contribution in [0.5, 0.6) is 0 Å². The molecule has 0 saturated heterocycles. The van der Waals surface area contributed by atoms with E-state index in [1.54, 1.807) is 13.8 Å². The molecule has 1 aromatic carbocycles. The van der Waals surface area contributed by atoms with Crippen LogP contribution in [0.3, 0.4) is 0 Å². The number of nitrogens with one attached hydrogen (secondary N) is 1. The van der Waals surface area contributed by atoms with Crippen molar-refractivity contribution in [2.75, 3.05) is 0 Å². The van der Waals surface area contributed by atoms with Crippen LogP contribution in [0.15, 0.2) is 24.3 Å². The van der Waals surface area contributed by atoms with Gasteiger partial charge in [0.1, 0.15) is 0 Å². The van der Waals surface area contributed by atoms with Crippen LogP contribution in [-0.2, 0) is 16.0 Å². The number of amides is 1. The van der Waals surface area contributed by atoms with E-state index in [2.05, 4.69) is 5.32 Å². The number of hydrogen-bond acceptors (Lipinski definition) is 2. The standard InChI is InChI=1S/C14H19NO2/c1-4-13(16)11(3)15-14(17)9-12-7-5-6-10(2)8-12/h5-8,11H,4,9H2,1-3H3,(H,15,17). The molecule has 0 fully saturated rings. The van der Waals surface area contributed by atoms with Crippen molar-refractivity contribution in [3.63, 3.8) is 0 Å². The second-order valence-corrected chi connectivity index (χ2v) is 4.27. The van der Waals surface area contributed by atoms with E-state index in [1.165, 1.54) is 0 Å². The van der Waals surface area contributed by atoms with Crippen LogP contribution in [0, 0.1) is 6.92 Å². The molecule has 1 unspecified atom stereocenters. The Morgan fingerprint density at radius 3 is 2.65 bits per heavy atom. The lowest BCUT2D eigenvalue weighted by molar-refractivity contribution is -0.126. The first-order valence-corrected chi connectivity index (χ1v) is 5.90. The zero-order chi connectivity index (χ0) is 12.8. The van der Waals surface area contributed by atoms with Crippen molar-refractivity contribution in [1.82, 2.24) is 5.32 Å². The molecule has 0 heterocycles. The van der Waals surface area contributed by atoms with Gasteiger partial charge in [0.2, 0.25) is 5.91 Å². The first-order chi connectivity index (χ1) is 8.02. The average Bonchev–Trinajstić information content (AvgIpc) is 2.27. The quantitative estimate of drug-likeness (QED) is 0.845. The summed E-state index contributed by atoms with van der Waals surface area (Å²) in [7, 11) is 0. The van der Waals surface area contributed by atoms with Crippen molar-refractivity contribution >= 4 is 11.7 Å². The number of carbonyl (C=O) groups excluding carboxylic acids is 2. The van der Waals surface area contributed by atoms with Gasteiger partial charge in [-0.15, -0.1) is 0 Å². The van der Waals surface area contributed by atoms with Crippen molar-refractivity contribution in [2.24, 2.45) is 0 Å². The molecule has 1 N–H and O–H groups in total. The second-order valence-electron chi connectivity index (χ2n) is 4.27. The normalized spacial score (nSPS) is 11.9. The monoisotopic (exact) mass is 233 g/mol. The third kappa shape index (κ3) is 4.39. The van der Waals surface area contributed by atoms with Crippen molar-refractivity contribution in [1.29, 1.82) is 0 Å². The lowest BCUT2D eigenvalue weighted by Gasteiger charge is -2.11. The lowest BCUT2D eigenvalue weighted by Crippen LogP contribution is -2.39. The molecule has 0 aliphatic rings. The van der Waals surface area contributed by atoms with Crippen LogP contribution < -0.4 is 5.32 Å². The zero-order valence-electron chi connectivity index (χ0n) is 10.6. The van der Waals surface area contributed by atoms with Gasteiger partial charge in [-0.2, -0.15) is 0 Å². The van der Waals surface area contributed by atoms with Crippen LogP contribution in [0.25, 0.3) is 0 Å². The number of carbonyl (C=O) groups is 2. The summed E-state index contributed by atoms with van der Waals surface area (Å²) in [6.45, 7) is 5.51. The number of rotatable bonds is 5. The predicted molar refractivity (Wildman–Crippen MR) is 67.8 cm³/mol. The Morgan fingerprint density at radius 1 is 1.35 bits per heavy atom. The SMILES string of the molecule is CCC(=O)C(C)NC(=O)Cc1cccc(C)c1. The molecule has 0 aliphatic heterocycles. The Hall–Kier alpha value is -1.64. The summed E-state index contributed by atoms with van der Waals surface area (Å²) < 4.78 is 0. The third-order valence-electron chi connectivity index (χ3n) is 2.66. The summed E-state index contributed by atoms with van der Waals surface area (Å²) in [5, 5.41) is 2.71. The molecule has 0 aliphatic carbocycles. The van der Waals surface area contributed by atoms with Gasteiger partial charge >= 0.3 is 0 Å². The largest absolute Gasteiger partial charge is 0.346 e. The topological polar surface area (TPSA) is 46.2 Å². The van der Waals surface area contributed by atoms with Crippen LogP contribution in [0.1, 0.15) is 31.4 Å². The van der Waals surface area contributed by atoms with E-state index in [1.807, 2.05) is 31.2 Å². The molecule has 3 heteroatoms. The van der Waals surface area contributed by atoms with Crippen LogP contribution in [0.4, 0.5) is 0 Å².